The van der Waals surface area contributed by atoms with Crippen LogP contribution in [0.1, 0.15) is 20.7 Å². The highest BCUT2D eigenvalue weighted by Crippen LogP contribution is 2.18. The molecule has 2 rings (SSSR count). The van der Waals surface area contributed by atoms with Crippen molar-refractivity contribution in [3.05, 3.63) is 52.2 Å². The highest BCUT2D eigenvalue weighted by molar-refractivity contribution is 7.08. The van der Waals surface area contributed by atoms with Crippen LogP contribution in [-0.2, 0) is 9.53 Å². The van der Waals surface area contributed by atoms with Crippen LogP contribution >= 0.6 is 11.3 Å². The molecule has 0 aliphatic heterocycles. The van der Waals surface area contributed by atoms with E-state index < -0.39 is 43.1 Å². The summed E-state index contributed by atoms with van der Waals surface area (Å²) in [6.07, 6.45) is -4.63. The number of rotatable bonds is 6. The van der Waals surface area contributed by atoms with Crippen molar-refractivity contribution >= 4 is 40.8 Å². The number of carbonyl (C=O) groups is 4. The van der Waals surface area contributed by atoms with Crippen LogP contribution < -0.4 is 16.0 Å². The molecule has 0 saturated carbocycles. The highest BCUT2D eigenvalue weighted by atomic mass is 32.1. The molecule has 12 heteroatoms. The molecule has 0 unspecified atom stereocenters. The van der Waals surface area contributed by atoms with E-state index in [-0.39, 0.29) is 11.3 Å². The summed E-state index contributed by atoms with van der Waals surface area (Å²) in [7, 11) is 0. The number of alkyl halides is 3. The van der Waals surface area contributed by atoms with Gasteiger partial charge in [0.05, 0.1) is 16.8 Å². The lowest BCUT2D eigenvalue weighted by atomic mass is 10.1. The number of halogens is 3. The molecule has 2 aromatic rings. The Morgan fingerprint density at radius 1 is 1.07 bits per heavy atom. The summed E-state index contributed by atoms with van der Waals surface area (Å²) in [5, 5.41) is 8.89. The van der Waals surface area contributed by atoms with Crippen molar-refractivity contribution in [1.82, 2.24) is 10.6 Å². The standard InChI is InChI=1S/C17H14F3N3O5S/c18-17(19,20)9-21-16(27)23-13(24)7-28-15(26)11-3-1-2-4-12(11)22-14(25)10-5-6-29-8-10/h1-6,8H,7,9H2,(H,22,25)(H2,21,23,24,27). The van der Waals surface area contributed by atoms with Crippen LogP contribution in [0, 0.1) is 0 Å². The Morgan fingerprint density at radius 2 is 1.79 bits per heavy atom. The van der Waals surface area contributed by atoms with Gasteiger partial charge in [0.1, 0.15) is 6.54 Å². The van der Waals surface area contributed by atoms with Gasteiger partial charge in [-0.2, -0.15) is 24.5 Å². The summed E-state index contributed by atoms with van der Waals surface area (Å²) < 4.78 is 40.7. The second-order valence-corrected chi connectivity index (χ2v) is 6.21. The predicted molar refractivity (Wildman–Crippen MR) is 96.6 cm³/mol. The van der Waals surface area contributed by atoms with E-state index >= 15 is 0 Å². The van der Waals surface area contributed by atoms with Gasteiger partial charge in [-0.05, 0) is 23.6 Å². The number of esters is 1. The third-order valence-electron chi connectivity index (χ3n) is 3.22. The van der Waals surface area contributed by atoms with Crippen molar-refractivity contribution in [2.24, 2.45) is 0 Å². The second kappa shape index (κ2) is 9.68. The minimum atomic E-state index is -4.63. The van der Waals surface area contributed by atoms with Gasteiger partial charge in [0.2, 0.25) is 0 Å². The van der Waals surface area contributed by atoms with Gasteiger partial charge < -0.3 is 15.4 Å². The van der Waals surface area contributed by atoms with Gasteiger partial charge in [0, 0.05) is 5.38 Å². The maximum absolute atomic E-state index is 12.2. The molecule has 154 valence electrons. The van der Waals surface area contributed by atoms with Crippen LogP contribution in [0.25, 0.3) is 0 Å². The zero-order valence-electron chi connectivity index (χ0n) is 14.5. The molecule has 4 amide bonds. The molecule has 29 heavy (non-hydrogen) atoms. The number of imide groups is 1. The maximum Gasteiger partial charge on any atom is 0.405 e. The number of para-hydroxylation sites is 1. The number of thiophene rings is 1. The molecule has 1 aromatic heterocycles. The Morgan fingerprint density at radius 3 is 2.45 bits per heavy atom. The van der Waals surface area contributed by atoms with Crippen LogP contribution in [0.15, 0.2) is 41.1 Å². The lowest BCUT2D eigenvalue weighted by Gasteiger charge is -2.11. The van der Waals surface area contributed by atoms with Gasteiger partial charge in [-0.15, -0.1) is 0 Å². The molecule has 0 fully saturated rings. The van der Waals surface area contributed by atoms with Crippen molar-refractivity contribution in [3.8, 4) is 0 Å². The summed E-state index contributed by atoms with van der Waals surface area (Å²) in [5.74, 6) is -2.56. The molecular formula is C17H14F3N3O5S. The van der Waals surface area contributed by atoms with Crippen molar-refractivity contribution in [2.45, 2.75) is 6.18 Å². The number of benzene rings is 1. The van der Waals surface area contributed by atoms with Crippen molar-refractivity contribution in [3.63, 3.8) is 0 Å². The van der Waals surface area contributed by atoms with E-state index in [9.17, 15) is 32.3 Å². The van der Waals surface area contributed by atoms with E-state index in [2.05, 4.69) is 5.32 Å². The Hall–Kier alpha value is -3.41. The number of amides is 4. The van der Waals surface area contributed by atoms with Crippen LogP contribution in [0.3, 0.4) is 0 Å². The van der Waals surface area contributed by atoms with Gasteiger partial charge in [-0.25, -0.2) is 9.59 Å². The van der Waals surface area contributed by atoms with E-state index in [0.717, 1.165) is 0 Å². The highest BCUT2D eigenvalue weighted by Gasteiger charge is 2.28. The van der Waals surface area contributed by atoms with E-state index in [1.54, 1.807) is 28.2 Å². The summed E-state index contributed by atoms with van der Waals surface area (Å²) in [5.41, 5.74) is 0.477. The SMILES string of the molecule is O=C(COC(=O)c1ccccc1NC(=O)c1ccsc1)NC(=O)NCC(F)(F)F. The Labute approximate surface area is 166 Å². The first kappa shape index (κ1) is 21.9. The minimum Gasteiger partial charge on any atom is -0.452 e. The van der Waals surface area contributed by atoms with Gasteiger partial charge >= 0.3 is 18.2 Å². The number of hydrogen-bond acceptors (Lipinski definition) is 6. The first-order valence-electron chi connectivity index (χ1n) is 7.90. The molecule has 3 N–H and O–H groups in total. The molecule has 1 aromatic carbocycles. The molecule has 0 radical (unpaired) electrons. The fraction of sp³-hybridized carbons (Fsp3) is 0.176. The molecular weight excluding hydrogens is 415 g/mol. The van der Waals surface area contributed by atoms with Gasteiger partial charge in [0.15, 0.2) is 6.61 Å². The fourth-order valence-corrected chi connectivity index (χ4v) is 2.59. The lowest BCUT2D eigenvalue weighted by Crippen LogP contribution is -2.44. The third kappa shape index (κ3) is 7.25. The molecule has 0 spiro atoms. The zero-order valence-corrected chi connectivity index (χ0v) is 15.4. The molecule has 8 nitrogen and oxygen atoms in total. The lowest BCUT2D eigenvalue weighted by molar-refractivity contribution is -0.125. The predicted octanol–water partition coefficient (Wildman–Crippen LogP) is 2.55. The monoisotopic (exact) mass is 429 g/mol. The van der Waals surface area contributed by atoms with Crippen LogP contribution in [0.2, 0.25) is 0 Å². The van der Waals surface area contributed by atoms with Gasteiger partial charge in [-0.3, -0.25) is 14.9 Å². The number of ether oxygens (including phenoxy) is 1. The maximum atomic E-state index is 12.2. The summed E-state index contributed by atoms with van der Waals surface area (Å²) in [4.78, 5) is 47.0. The molecule has 1 heterocycles. The number of urea groups is 1. The Kier molecular flexibility index (Phi) is 7.31. The van der Waals surface area contributed by atoms with Crippen molar-refractivity contribution < 1.29 is 37.1 Å². The van der Waals surface area contributed by atoms with Crippen LogP contribution in [0.5, 0.6) is 0 Å². The molecule has 0 atom stereocenters. The number of carbonyl (C=O) groups excluding carboxylic acids is 4. The smallest absolute Gasteiger partial charge is 0.405 e. The Bertz CT molecular complexity index is 900. The second-order valence-electron chi connectivity index (χ2n) is 5.43. The molecule has 0 saturated heterocycles. The summed E-state index contributed by atoms with van der Waals surface area (Å²) >= 11 is 1.32. The minimum absolute atomic E-state index is 0.0506. The largest absolute Gasteiger partial charge is 0.452 e. The van der Waals surface area contributed by atoms with Gasteiger partial charge in [0.25, 0.3) is 11.8 Å². The first-order valence-corrected chi connectivity index (χ1v) is 8.84. The molecule has 0 aliphatic carbocycles. The van der Waals surface area contributed by atoms with Crippen molar-refractivity contribution in [2.75, 3.05) is 18.5 Å². The normalized spacial score (nSPS) is 10.7. The number of hydrogen-bond donors (Lipinski definition) is 3. The van der Waals surface area contributed by atoms with Crippen LogP contribution in [0.4, 0.5) is 23.7 Å². The summed E-state index contributed by atoms with van der Waals surface area (Å²) in [6, 6.07) is 6.08. The van der Waals surface area contributed by atoms with Crippen LogP contribution in [-0.4, -0.2) is 43.1 Å². The van der Waals surface area contributed by atoms with Gasteiger partial charge in [-0.1, -0.05) is 12.1 Å². The van der Waals surface area contributed by atoms with E-state index in [1.807, 2.05) is 0 Å². The average molecular weight is 429 g/mol. The van der Waals surface area contributed by atoms with E-state index in [1.165, 1.54) is 34.9 Å². The van der Waals surface area contributed by atoms with E-state index in [4.69, 9.17) is 4.74 Å². The topological polar surface area (TPSA) is 114 Å². The molecule has 0 aliphatic rings. The fourth-order valence-electron chi connectivity index (χ4n) is 1.95. The third-order valence-corrected chi connectivity index (χ3v) is 3.90. The average Bonchev–Trinajstić information content (AvgIpc) is 3.19. The molecule has 0 bridgehead atoms. The number of nitrogens with one attached hydrogen (secondary N) is 3. The van der Waals surface area contributed by atoms with Crippen molar-refractivity contribution in [1.29, 1.82) is 0 Å². The zero-order chi connectivity index (χ0) is 21.4. The summed E-state index contributed by atoms with van der Waals surface area (Å²) in [6.45, 7) is -2.53. The first-order chi connectivity index (χ1) is 13.7. The quantitative estimate of drug-likeness (QED) is 0.611. The van der Waals surface area contributed by atoms with E-state index in [0.29, 0.717) is 5.56 Å². The number of anilines is 1. The Balaban J connectivity index is 1.90.